The van der Waals surface area contributed by atoms with Crippen molar-refractivity contribution in [2.45, 2.75) is 17.4 Å². The van der Waals surface area contributed by atoms with Crippen LogP contribution in [0.2, 0.25) is 0 Å². The van der Waals surface area contributed by atoms with Crippen molar-refractivity contribution in [1.82, 2.24) is 9.29 Å². The van der Waals surface area contributed by atoms with E-state index >= 15 is 0 Å². The Morgan fingerprint density at radius 3 is 2.56 bits per heavy atom. The molecule has 1 atom stereocenters. The molecule has 0 radical (unpaired) electrons. The number of oxazole rings is 1. The van der Waals surface area contributed by atoms with Gasteiger partial charge in [0.25, 0.3) is 0 Å². The molecule has 0 aliphatic heterocycles. The fourth-order valence-electron chi connectivity index (χ4n) is 3.50. The van der Waals surface area contributed by atoms with Crippen LogP contribution >= 0.6 is 0 Å². The lowest BCUT2D eigenvalue weighted by Gasteiger charge is -2.19. The lowest BCUT2D eigenvalue weighted by Crippen LogP contribution is -2.45. The number of carbonyl (C=O) groups is 1. The molecule has 9 nitrogen and oxygen atoms in total. The summed E-state index contributed by atoms with van der Waals surface area (Å²) in [7, 11) is -1.09. The molecule has 10 heteroatoms. The first kappa shape index (κ1) is 23.3. The monoisotopic (exact) mass is 481 g/mol. The third-order valence-electron chi connectivity index (χ3n) is 5.31. The van der Waals surface area contributed by atoms with Crippen molar-refractivity contribution in [2.75, 3.05) is 12.4 Å². The van der Waals surface area contributed by atoms with Crippen molar-refractivity contribution >= 4 is 32.7 Å². The summed E-state index contributed by atoms with van der Waals surface area (Å²) in [5.41, 5.74) is 1.84. The quantitative estimate of drug-likeness (QED) is 0.399. The van der Waals surface area contributed by atoms with Crippen molar-refractivity contribution < 1.29 is 22.4 Å². The van der Waals surface area contributed by atoms with Gasteiger partial charge in [-0.15, -0.1) is 0 Å². The van der Waals surface area contributed by atoms with Gasteiger partial charge in [-0.25, -0.2) is 13.2 Å². The molecule has 0 spiro atoms. The second kappa shape index (κ2) is 9.54. The number of anilines is 1. The van der Waals surface area contributed by atoms with Gasteiger partial charge in [0.2, 0.25) is 15.9 Å². The largest absolute Gasteiger partial charge is 0.497 e. The van der Waals surface area contributed by atoms with E-state index in [4.69, 9.17) is 9.15 Å². The summed E-state index contributed by atoms with van der Waals surface area (Å²) in [6.07, 6.45) is 0.124. The molecule has 4 aromatic rings. The number of rotatable bonds is 8. The van der Waals surface area contributed by atoms with Crippen LogP contribution in [-0.4, -0.2) is 32.0 Å². The number of amides is 1. The Morgan fingerprint density at radius 2 is 1.82 bits per heavy atom. The number of sulfonamides is 1. The highest BCUT2D eigenvalue weighted by Crippen LogP contribution is 2.20. The average molecular weight is 482 g/mol. The van der Waals surface area contributed by atoms with Crippen LogP contribution in [0.15, 0.2) is 86.9 Å². The molecule has 0 bridgehead atoms. The van der Waals surface area contributed by atoms with Crippen LogP contribution in [0.4, 0.5) is 5.69 Å². The molecule has 0 saturated heterocycles. The van der Waals surface area contributed by atoms with Crippen LogP contribution in [0.25, 0.3) is 11.1 Å². The molecule has 0 aliphatic carbocycles. The fraction of sp³-hybridized carbons (Fsp3) is 0.167. The van der Waals surface area contributed by atoms with E-state index < -0.39 is 27.7 Å². The van der Waals surface area contributed by atoms with E-state index in [-0.39, 0.29) is 16.9 Å². The van der Waals surface area contributed by atoms with E-state index in [1.54, 1.807) is 24.3 Å². The highest BCUT2D eigenvalue weighted by molar-refractivity contribution is 7.89. The van der Waals surface area contributed by atoms with Crippen molar-refractivity contribution in [3.05, 3.63) is 88.9 Å². The molecular formula is C24H23N3O6S. The molecule has 0 aliphatic rings. The van der Waals surface area contributed by atoms with Gasteiger partial charge in [-0.2, -0.15) is 4.72 Å². The molecule has 0 saturated carbocycles. The van der Waals surface area contributed by atoms with E-state index in [0.29, 0.717) is 17.0 Å². The molecule has 0 unspecified atom stereocenters. The summed E-state index contributed by atoms with van der Waals surface area (Å²) < 4.78 is 40.4. The Kier molecular flexibility index (Phi) is 6.53. The van der Waals surface area contributed by atoms with Gasteiger partial charge < -0.3 is 14.5 Å². The van der Waals surface area contributed by atoms with Crippen LogP contribution in [0.5, 0.6) is 5.75 Å². The highest BCUT2D eigenvalue weighted by Gasteiger charge is 2.27. The normalized spacial score (nSPS) is 12.4. The molecule has 176 valence electrons. The van der Waals surface area contributed by atoms with Gasteiger partial charge in [0, 0.05) is 24.9 Å². The Bertz CT molecular complexity index is 1490. The number of nitrogens with zero attached hydrogens (tertiary/aromatic N) is 1. The predicted molar refractivity (Wildman–Crippen MR) is 127 cm³/mol. The van der Waals surface area contributed by atoms with Crippen LogP contribution < -0.4 is 20.5 Å². The Balaban J connectivity index is 1.63. The minimum absolute atomic E-state index is 0.124. The standard InChI is InChI=1S/C24H23N3O6S/c1-27-21-12-11-19(15-22(21)33-24(27)29)34(30,31)26-20(13-16-7-4-3-5-8-16)23(28)25-17-9-6-10-18(14-17)32-2/h3-12,14-15,20,26H,13H2,1-2H3,(H,25,28)/t20-/m1/s1. The Labute approximate surface area is 196 Å². The summed E-state index contributed by atoms with van der Waals surface area (Å²) in [5.74, 6) is -0.583. The maximum atomic E-state index is 13.2. The van der Waals surface area contributed by atoms with Crippen LogP contribution in [0.1, 0.15) is 5.56 Å². The molecule has 1 aromatic heterocycles. The van der Waals surface area contributed by atoms with Crippen molar-refractivity contribution in [3.63, 3.8) is 0 Å². The number of carbonyl (C=O) groups excluding carboxylic acids is 1. The van der Waals surface area contributed by atoms with Gasteiger partial charge in [-0.1, -0.05) is 36.4 Å². The van der Waals surface area contributed by atoms with Gasteiger partial charge >= 0.3 is 5.76 Å². The molecule has 3 aromatic carbocycles. The number of hydrogen-bond donors (Lipinski definition) is 2. The van der Waals surface area contributed by atoms with Gasteiger partial charge in [0.05, 0.1) is 17.5 Å². The topological polar surface area (TPSA) is 120 Å². The lowest BCUT2D eigenvalue weighted by molar-refractivity contribution is -0.117. The summed E-state index contributed by atoms with van der Waals surface area (Å²) >= 11 is 0. The molecule has 1 heterocycles. The first-order valence-corrected chi connectivity index (χ1v) is 11.9. The van der Waals surface area contributed by atoms with E-state index in [0.717, 1.165) is 5.56 Å². The number of fused-ring (bicyclic) bond motifs is 1. The number of hydrogen-bond acceptors (Lipinski definition) is 6. The molecule has 4 rings (SSSR count). The van der Waals surface area contributed by atoms with E-state index in [2.05, 4.69) is 10.0 Å². The zero-order chi connectivity index (χ0) is 24.3. The third-order valence-corrected chi connectivity index (χ3v) is 6.78. The minimum Gasteiger partial charge on any atom is -0.497 e. The third kappa shape index (κ3) is 5.03. The number of methoxy groups -OCH3 is 1. The van der Waals surface area contributed by atoms with Crippen molar-refractivity contribution in [1.29, 1.82) is 0 Å². The number of nitrogens with one attached hydrogen (secondary N) is 2. The average Bonchev–Trinajstić information content (AvgIpc) is 3.12. The first-order valence-electron chi connectivity index (χ1n) is 10.4. The van der Waals surface area contributed by atoms with Gasteiger partial charge in [0.1, 0.15) is 11.8 Å². The smallest absolute Gasteiger partial charge is 0.419 e. The zero-order valence-corrected chi connectivity index (χ0v) is 19.3. The SMILES string of the molecule is COc1cccc(NC(=O)[C@@H](Cc2ccccc2)NS(=O)(=O)c2ccc3c(c2)oc(=O)n3C)c1. The van der Waals surface area contributed by atoms with Gasteiger partial charge in [-0.3, -0.25) is 9.36 Å². The number of benzene rings is 3. The predicted octanol–water partition coefficient (Wildman–Crippen LogP) is 2.67. The maximum Gasteiger partial charge on any atom is 0.419 e. The summed E-state index contributed by atoms with van der Waals surface area (Å²) in [6, 6.07) is 18.8. The fourth-order valence-corrected chi connectivity index (χ4v) is 4.71. The number of aryl methyl sites for hydroxylation is 1. The second-order valence-corrected chi connectivity index (χ2v) is 9.36. The number of ether oxygens (including phenoxy) is 1. The molecular weight excluding hydrogens is 458 g/mol. The first-order chi connectivity index (χ1) is 16.3. The van der Waals surface area contributed by atoms with Crippen LogP contribution in [0.3, 0.4) is 0 Å². The van der Waals surface area contributed by atoms with E-state index in [1.165, 1.54) is 36.9 Å². The van der Waals surface area contributed by atoms with E-state index in [9.17, 15) is 18.0 Å². The summed E-state index contributed by atoms with van der Waals surface area (Å²) in [4.78, 5) is 24.8. The molecule has 0 fully saturated rings. The molecule has 1 amide bonds. The Morgan fingerprint density at radius 1 is 1.06 bits per heavy atom. The van der Waals surface area contributed by atoms with Crippen molar-refractivity contribution in [3.8, 4) is 5.75 Å². The van der Waals surface area contributed by atoms with Gasteiger partial charge in [0.15, 0.2) is 5.58 Å². The maximum absolute atomic E-state index is 13.2. The second-order valence-electron chi connectivity index (χ2n) is 7.64. The zero-order valence-electron chi connectivity index (χ0n) is 18.5. The minimum atomic E-state index is -4.13. The highest BCUT2D eigenvalue weighted by atomic mass is 32.2. The Hall–Kier alpha value is -3.89. The molecule has 34 heavy (non-hydrogen) atoms. The van der Waals surface area contributed by atoms with Crippen LogP contribution in [0, 0.1) is 0 Å². The van der Waals surface area contributed by atoms with E-state index in [1.807, 2.05) is 30.3 Å². The summed E-state index contributed by atoms with van der Waals surface area (Å²) in [5, 5.41) is 2.74. The van der Waals surface area contributed by atoms with Gasteiger partial charge in [-0.05, 0) is 36.2 Å². The number of aromatic nitrogens is 1. The summed E-state index contributed by atoms with van der Waals surface area (Å²) in [6.45, 7) is 0. The molecule has 2 N–H and O–H groups in total. The van der Waals surface area contributed by atoms with Crippen LogP contribution in [-0.2, 0) is 28.3 Å². The van der Waals surface area contributed by atoms with Crippen molar-refractivity contribution in [2.24, 2.45) is 7.05 Å². The lowest BCUT2D eigenvalue weighted by atomic mass is 10.1.